The third-order valence-corrected chi connectivity index (χ3v) is 2.88. The minimum Gasteiger partial charge on any atom is -0.444 e. The van der Waals surface area contributed by atoms with Crippen molar-refractivity contribution in [1.29, 1.82) is 0 Å². The van der Waals surface area contributed by atoms with Crippen LogP contribution in [0.25, 0.3) is 0 Å². The summed E-state index contributed by atoms with van der Waals surface area (Å²) in [6.45, 7) is 10.0. The monoisotopic (exact) mass is 311 g/mol. The second-order valence-electron chi connectivity index (χ2n) is 6.08. The van der Waals surface area contributed by atoms with Gasteiger partial charge in [-0.1, -0.05) is 12.2 Å². The Labute approximate surface area is 131 Å². The number of hydrogen-bond acceptors (Lipinski definition) is 5. The second-order valence-corrected chi connectivity index (χ2v) is 6.08. The number of hydrogen-bond donors (Lipinski definition) is 2. The summed E-state index contributed by atoms with van der Waals surface area (Å²) in [6.07, 6.45) is 3.11. The summed E-state index contributed by atoms with van der Waals surface area (Å²) in [5, 5.41) is 0. The fraction of sp³-hybridized carbons (Fsp3) is 0.600. The lowest BCUT2D eigenvalue weighted by Gasteiger charge is -2.34. The molecule has 1 atom stereocenters. The molecule has 3 N–H and O–H groups in total. The number of amides is 2. The first kappa shape index (κ1) is 18.2. The third-order valence-electron chi connectivity index (χ3n) is 2.88. The van der Waals surface area contributed by atoms with Crippen LogP contribution in [0.3, 0.4) is 0 Å². The van der Waals surface area contributed by atoms with E-state index in [1.807, 2.05) is 20.8 Å². The maximum Gasteiger partial charge on any atom is 0.410 e. The Bertz CT molecular complexity index is 454. The van der Waals surface area contributed by atoms with Gasteiger partial charge >= 0.3 is 6.09 Å². The molecule has 1 aliphatic rings. The molecule has 0 aromatic carbocycles. The first-order valence-corrected chi connectivity index (χ1v) is 7.16. The van der Waals surface area contributed by atoms with Crippen molar-refractivity contribution in [1.82, 2.24) is 10.4 Å². The molecule has 0 aliphatic carbocycles. The molecular weight excluding hydrogens is 286 g/mol. The molecule has 7 nitrogen and oxygen atoms in total. The van der Waals surface area contributed by atoms with Crippen molar-refractivity contribution in [2.75, 3.05) is 19.7 Å². The number of carbonyl (C=O) groups excluding carboxylic acids is 2. The fourth-order valence-electron chi connectivity index (χ4n) is 1.97. The highest BCUT2D eigenvalue weighted by molar-refractivity contribution is 5.77. The largest absolute Gasteiger partial charge is 0.444 e. The van der Waals surface area contributed by atoms with Crippen LogP contribution < -0.4 is 11.2 Å². The molecule has 0 saturated heterocycles. The van der Waals surface area contributed by atoms with Gasteiger partial charge in [0, 0.05) is 19.5 Å². The van der Waals surface area contributed by atoms with Gasteiger partial charge in [-0.25, -0.2) is 4.79 Å². The quantitative estimate of drug-likeness (QED) is 0.435. The number of nitrogens with two attached hydrogens (primary N) is 1. The van der Waals surface area contributed by atoms with Gasteiger partial charge in [0.25, 0.3) is 0 Å². The normalized spacial score (nSPS) is 18.6. The minimum absolute atomic E-state index is 0.122. The zero-order valence-electron chi connectivity index (χ0n) is 13.4. The predicted molar refractivity (Wildman–Crippen MR) is 82.8 cm³/mol. The lowest BCUT2D eigenvalue weighted by molar-refractivity contribution is -0.117. The van der Waals surface area contributed by atoms with Crippen molar-refractivity contribution in [2.24, 2.45) is 5.73 Å². The van der Waals surface area contributed by atoms with E-state index in [0.717, 1.165) is 5.57 Å². The van der Waals surface area contributed by atoms with Crippen LogP contribution in [-0.2, 0) is 14.4 Å². The summed E-state index contributed by atoms with van der Waals surface area (Å²) in [6, 6.07) is -0.311. The number of ether oxygens (including phenoxy) is 1. The number of nitrogens with zero attached hydrogens (tertiary/aromatic N) is 1. The third kappa shape index (κ3) is 6.28. The molecular formula is C15H25N3O4. The van der Waals surface area contributed by atoms with Crippen LogP contribution in [0.5, 0.6) is 0 Å². The van der Waals surface area contributed by atoms with Crippen LogP contribution in [0.2, 0.25) is 0 Å². The molecule has 0 aromatic rings. The standard InChI is InChI=1S/C15H25N3O4/c1-5-8-21-17-12-10-18(14(20)22-15(2,3)4)7-6-11(12)9-13(16)19/h5-6,12,17H,1,7-10H2,2-4H3,(H2,16,19)/t12-/m0/s1. The molecule has 0 bridgehead atoms. The zero-order chi connectivity index (χ0) is 16.8. The molecule has 124 valence electrons. The van der Waals surface area contributed by atoms with Crippen LogP contribution in [0.1, 0.15) is 27.2 Å². The Balaban J connectivity index is 2.74. The van der Waals surface area contributed by atoms with Crippen molar-refractivity contribution in [3.63, 3.8) is 0 Å². The molecule has 7 heteroatoms. The lowest BCUT2D eigenvalue weighted by Crippen LogP contribution is -2.49. The Morgan fingerprint density at radius 1 is 1.55 bits per heavy atom. The molecule has 1 rings (SSSR count). The average molecular weight is 311 g/mol. The fourth-order valence-corrected chi connectivity index (χ4v) is 1.97. The highest BCUT2D eigenvalue weighted by Crippen LogP contribution is 2.18. The van der Waals surface area contributed by atoms with Crippen molar-refractivity contribution >= 4 is 12.0 Å². The highest BCUT2D eigenvalue weighted by Gasteiger charge is 2.29. The SMILES string of the molecule is C=CCON[C@H]1CN(C(=O)OC(C)(C)C)CC=C1CC(N)=O. The molecule has 0 radical (unpaired) electrons. The summed E-state index contributed by atoms with van der Waals surface area (Å²) in [4.78, 5) is 30.0. The molecule has 0 saturated carbocycles. The Hall–Kier alpha value is -1.86. The maximum atomic E-state index is 12.1. The summed E-state index contributed by atoms with van der Waals surface area (Å²) >= 11 is 0. The molecule has 2 amide bonds. The van der Waals surface area contributed by atoms with E-state index < -0.39 is 17.6 Å². The van der Waals surface area contributed by atoms with E-state index in [4.69, 9.17) is 15.3 Å². The zero-order valence-corrected chi connectivity index (χ0v) is 13.4. The maximum absolute atomic E-state index is 12.1. The van der Waals surface area contributed by atoms with Crippen molar-refractivity contribution < 1.29 is 19.2 Å². The van der Waals surface area contributed by atoms with Gasteiger partial charge in [0.15, 0.2) is 0 Å². The minimum atomic E-state index is -0.559. The number of carbonyl (C=O) groups is 2. The van der Waals surface area contributed by atoms with Gasteiger partial charge in [0.1, 0.15) is 5.60 Å². The van der Waals surface area contributed by atoms with Crippen molar-refractivity contribution in [3.8, 4) is 0 Å². The Morgan fingerprint density at radius 3 is 2.77 bits per heavy atom. The van der Waals surface area contributed by atoms with E-state index >= 15 is 0 Å². The van der Waals surface area contributed by atoms with E-state index in [-0.39, 0.29) is 12.5 Å². The molecule has 0 fully saturated rings. The van der Waals surface area contributed by atoms with E-state index in [9.17, 15) is 9.59 Å². The van der Waals surface area contributed by atoms with Gasteiger partial charge in [-0.05, 0) is 26.3 Å². The Kier molecular flexibility index (Phi) is 6.58. The number of primary amides is 1. The smallest absolute Gasteiger partial charge is 0.410 e. The first-order chi connectivity index (χ1) is 10.2. The molecule has 1 heterocycles. The van der Waals surface area contributed by atoms with E-state index in [1.165, 1.54) is 0 Å². The highest BCUT2D eigenvalue weighted by atomic mass is 16.6. The average Bonchev–Trinajstić information content (AvgIpc) is 2.38. The second kappa shape index (κ2) is 7.95. The molecule has 0 unspecified atom stereocenters. The van der Waals surface area contributed by atoms with Crippen LogP contribution in [0.4, 0.5) is 4.79 Å². The summed E-state index contributed by atoms with van der Waals surface area (Å²) < 4.78 is 5.35. The predicted octanol–water partition coefficient (Wildman–Crippen LogP) is 1.11. The van der Waals surface area contributed by atoms with Crippen LogP contribution >= 0.6 is 0 Å². The lowest BCUT2D eigenvalue weighted by atomic mass is 10.00. The molecule has 1 aliphatic heterocycles. The first-order valence-electron chi connectivity index (χ1n) is 7.16. The van der Waals surface area contributed by atoms with Gasteiger partial charge in [-0.2, -0.15) is 5.48 Å². The number of nitrogens with one attached hydrogen (secondary N) is 1. The molecule has 0 spiro atoms. The summed E-state index contributed by atoms with van der Waals surface area (Å²) in [5.74, 6) is -0.424. The van der Waals surface area contributed by atoms with Crippen molar-refractivity contribution in [3.05, 3.63) is 24.3 Å². The van der Waals surface area contributed by atoms with E-state index in [0.29, 0.717) is 19.7 Å². The molecule has 22 heavy (non-hydrogen) atoms. The number of hydroxylamine groups is 1. The van der Waals surface area contributed by atoms with E-state index in [2.05, 4.69) is 12.1 Å². The van der Waals surface area contributed by atoms with Gasteiger partial charge in [-0.15, -0.1) is 6.58 Å². The summed E-state index contributed by atoms with van der Waals surface area (Å²) in [5.41, 5.74) is 8.32. The van der Waals surface area contributed by atoms with Gasteiger partial charge in [-0.3, -0.25) is 9.63 Å². The van der Waals surface area contributed by atoms with Gasteiger partial charge < -0.3 is 15.4 Å². The van der Waals surface area contributed by atoms with Gasteiger partial charge in [0.05, 0.1) is 12.6 Å². The van der Waals surface area contributed by atoms with E-state index in [1.54, 1.807) is 17.1 Å². The van der Waals surface area contributed by atoms with Crippen LogP contribution in [0, 0.1) is 0 Å². The summed E-state index contributed by atoms with van der Waals surface area (Å²) in [7, 11) is 0. The van der Waals surface area contributed by atoms with Crippen molar-refractivity contribution in [2.45, 2.75) is 38.8 Å². The molecule has 0 aromatic heterocycles. The Morgan fingerprint density at radius 2 is 2.23 bits per heavy atom. The van der Waals surface area contributed by atoms with Crippen LogP contribution in [0.15, 0.2) is 24.3 Å². The van der Waals surface area contributed by atoms with Crippen LogP contribution in [-0.4, -0.2) is 48.2 Å². The topological polar surface area (TPSA) is 93.9 Å². The van der Waals surface area contributed by atoms with Gasteiger partial charge in [0.2, 0.25) is 5.91 Å². The number of rotatable bonds is 6.